The van der Waals surface area contributed by atoms with Gasteiger partial charge in [0.15, 0.2) is 0 Å². The van der Waals surface area contributed by atoms with E-state index < -0.39 is 10.6 Å². The normalized spacial score (nSPS) is 12.6. The number of Topliss-reactive ketones (excluding diaryl/α,β-unsaturated/α-hetero) is 1. The van der Waals surface area contributed by atoms with Crippen LogP contribution in [0.3, 0.4) is 0 Å². The average molecular weight is 263 g/mol. The van der Waals surface area contributed by atoms with E-state index in [2.05, 4.69) is 28.6 Å². The van der Waals surface area contributed by atoms with Gasteiger partial charge in [0.25, 0.3) is 0 Å². The third-order valence-electron chi connectivity index (χ3n) is 1.64. The zero-order chi connectivity index (χ0) is 10.0. The molecular formula is C9H8BrFOS. The van der Waals surface area contributed by atoms with Gasteiger partial charge >= 0.3 is 0 Å². The molecule has 1 nitrogen and oxygen atoms in total. The van der Waals surface area contributed by atoms with Crippen molar-refractivity contribution in [1.82, 2.24) is 0 Å². The Morgan fingerprint density at radius 2 is 2.23 bits per heavy atom. The molecule has 0 aliphatic rings. The van der Waals surface area contributed by atoms with E-state index in [1.807, 2.05) is 0 Å². The van der Waals surface area contributed by atoms with Gasteiger partial charge in [-0.15, -0.1) is 12.6 Å². The van der Waals surface area contributed by atoms with E-state index in [0.29, 0.717) is 5.56 Å². The fourth-order valence-corrected chi connectivity index (χ4v) is 1.52. The van der Waals surface area contributed by atoms with Gasteiger partial charge in [-0.1, -0.05) is 28.1 Å². The van der Waals surface area contributed by atoms with Crippen molar-refractivity contribution < 1.29 is 9.18 Å². The first-order valence-electron chi connectivity index (χ1n) is 3.66. The van der Waals surface area contributed by atoms with Crippen molar-refractivity contribution in [3.05, 3.63) is 29.6 Å². The van der Waals surface area contributed by atoms with Crippen molar-refractivity contribution in [2.75, 3.05) is 0 Å². The van der Waals surface area contributed by atoms with Crippen LogP contribution in [-0.2, 0) is 4.79 Å². The molecule has 70 valence electrons. The number of hydrogen-bond acceptors (Lipinski definition) is 2. The molecule has 4 heteroatoms. The van der Waals surface area contributed by atoms with Crippen LogP contribution in [0.15, 0.2) is 23.1 Å². The maximum Gasteiger partial charge on any atom is 0.147 e. The molecule has 0 saturated carbocycles. The summed E-state index contributed by atoms with van der Waals surface area (Å²) in [6.45, 7) is 1.41. The summed E-state index contributed by atoms with van der Waals surface area (Å²) < 4.78 is 13.4. The summed E-state index contributed by atoms with van der Waals surface area (Å²) in [4.78, 5) is 10.6. The molecule has 0 aliphatic carbocycles. The molecule has 13 heavy (non-hydrogen) atoms. The molecule has 1 aromatic carbocycles. The standard InChI is InChI=1S/C9H8BrFOS/c1-5(12)8(10)6-3-2-4-7(13)9(6)11/h2-4,8,13H,1H3. The van der Waals surface area contributed by atoms with Crippen LogP contribution < -0.4 is 0 Å². The number of hydrogen-bond donors (Lipinski definition) is 1. The number of benzene rings is 1. The van der Waals surface area contributed by atoms with Crippen LogP contribution in [0.1, 0.15) is 17.3 Å². The van der Waals surface area contributed by atoms with Gasteiger partial charge in [0, 0.05) is 10.5 Å². The molecule has 0 aliphatic heterocycles. The Morgan fingerprint density at radius 3 is 2.77 bits per heavy atom. The smallest absolute Gasteiger partial charge is 0.147 e. The van der Waals surface area contributed by atoms with Crippen molar-refractivity contribution >= 4 is 34.3 Å². The van der Waals surface area contributed by atoms with Gasteiger partial charge in [-0.25, -0.2) is 4.39 Å². The number of rotatable bonds is 2. The fourth-order valence-electron chi connectivity index (χ4n) is 0.952. The van der Waals surface area contributed by atoms with Gasteiger partial charge in [-0.3, -0.25) is 4.79 Å². The molecular weight excluding hydrogens is 255 g/mol. The Labute approximate surface area is 89.9 Å². The second kappa shape index (κ2) is 4.24. The highest BCUT2D eigenvalue weighted by atomic mass is 79.9. The molecule has 0 radical (unpaired) electrons. The molecule has 1 atom stereocenters. The molecule has 0 spiro atoms. The van der Waals surface area contributed by atoms with Crippen molar-refractivity contribution in [1.29, 1.82) is 0 Å². The lowest BCUT2D eigenvalue weighted by molar-refractivity contribution is -0.116. The Balaban J connectivity index is 3.15. The molecule has 0 amide bonds. The van der Waals surface area contributed by atoms with Gasteiger partial charge in [0.2, 0.25) is 0 Å². The van der Waals surface area contributed by atoms with Gasteiger partial charge in [-0.2, -0.15) is 0 Å². The fraction of sp³-hybridized carbons (Fsp3) is 0.222. The molecule has 0 saturated heterocycles. The first-order valence-corrected chi connectivity index (χ1v) is 5.02. The largest absolute Gasteiger partial charge is 0.298 e. The van der Waals surface area contributed by atoms with Crippen LogP contribution >= 0.6 is 28.6 Å². The maximum absolute atomic E-state index is 13.4. The number of halogens is 2. The number of alkyl halides is 1. The van der Waals surface area contributed by atoms with Crippen molar-refractivity contribution in [3.63, 3.8) is 0 Å². The summed E-state index contributed by atoms with van der Waals surface area (Å²) in [6.07, 6.45) is 0. The second-order valence-corrected chi connectivity index (χ2v) is 4.05. The van der Waals surface area contributed by atoms with Gasteiger partial charge in [-0.05, 0) is 13.0 Å². The lowest BCUT2D eigenvalue weighted by atomic mass is 10.1. The lowest BCUT2D eigenvalue weighted by Crippen LogP contribution is -2.03. The molecule has 0 N–H and O–H groups in total. The Hall–Kier alpha value is -0.350. The van der Waals surface area contributed by atoms with E-state index in [-0.39, 0.29) is 10.7 Å². The summed E-state index contributed by atoms with van der Waals surface area (Å²) >= 11 is 7.04. The van der Waals surface area contributed by atoms with Crippen molar-refractivity contribution in [2.45, 2.75) is 16.6 Å². The van der Waals surface area contributed by atoms with Crippen LogP contribution in [-0.4, -0.2) is 5.78 Å². The highest BCUT2D eigenvalue weighted by Gasteiger charge is 2.17. The number of carbonyl (C=O) groups is 1. The Morgan fingerprint density at radius 1 is 1.62 bits per heavy atom. The van der Waals surface area contributed by atoms with E-state index in [0.717, 1.165) is 0 Å². The quantitative estimate of drug-likeness (QED) is 0.640. The maximum atomic E-state index is 13.4. The van der Waals surface area contributed by atoms with Crippen LogP contribution in [0.4, 0.5) is 4.39 Å². The number of ketones is 1. The minimum Gasteiger partial charge on any atom is -0.298 e. The second-order valence-electron chi connectivity index (χ2n) is 2.65. The van der Waals surface area contributed by atoms with Crippen LogP contribution in [0.5, 0.6) is 0 Å². The zero-order valence-corrected chi connectivity index (χ0v) is 9.40. The van der Waals surface area contributed by atoms with E-state index in [1.165, 1.54) is 6.92 Å². The zero-order valence-electron chi connectivity index (χ0n) is 6.92. The van der Waals surface area contributed by atoms with Gasteiger partial charge in [0.05, 0.1) is 0 Å². The summed E-state index contributed by atoms with van der Waals surface area (Å²) in [6, 6.07) is 4.77. The number of carbonyl (C=O) groups excluding carboxylic acids is 1. The molecule has 1 unspecified atom stereocenters. The van der Waals surface area contributed by atoms with Gasteiger partial charge < -0.3 is 0 Å². The van der Waals surface area contributed by atoms with E-state index in [9.17, 15) is 9.18 Å². The van der Waals surface area contributed by atoms with Crippen molar-refractivity contribution in [3.8, 4) is 0 Å². The first kappa shape index (κ1) is 10.7. The molecule has 1 aromatic rings. The molecule has 0 heterocycles. The predicted octanol–water partition coefficient (Wildman–Crippen LogP) is 3.14. The minimum absolute atomic E-state index is 0.127. The molecule has 0 bridgehead atoms. The summed E-state index contributed by atoms with van der Waals surface area (Å²) in [7, 11) is 0. The van der Waals surface area contributed by atoms with Crippen molar-refractivity contribution in [2.24, 2.45) is 0 Å². The van der Waals surface area contributed by atoms with E-state index in [4.69, 9.17) is 0 Å². The first-order chi connectivity index (χ1) is 6.04. The van der Waals surface area contributed by atoms with E-state index in [1.54, 1.807) is 18.2 Å². The number of thiol groups is 1. The van der Waals surface area contributed by atoms with E-state index >= 15 is 0 Å². The highest BCUT2D eigenvalue weighted by molar-refractivity contribution is 9.09. The van der Waals surface area contributed by atoms with Crippen LogP contribution in [0, 0.1) is 5.82 Å². The summed E-state index contributed by atoms with van der Waals surface area (Å²) in [5.41, 5.74) is 0.333. The van der Waals surface area contributed by atoms with Gasteiger partial charge in [0.1, 0.15) is 16.4 Å². The summed E-state index contributed by atoms with van der Waals surface area (Å²) in [5, 5.41) is 0. The predicted molar refractivity (Wildman–Crippen MR) is 56.0 cm³/mol. The monoisotopic (exact) mass is 262 g/mol. The SMILES string of the molecule is CC(=O)C(Br)c1cccc(S)c1F. The molecule has 0 fully saturated rings. The summed E-state index contributed by atoms with van der Waals surface area (Å²) in [5.74, 6) is -0.569. The third kappa shape index (κ3) is 2.31. The average Bonchev–Trinajstić information content (AvgIpc) is 2.08. The molecule has 0 aromatic heterocycles. The lowest BCUT2D eigenvalue weighted by Gasteiger charge is -2.08. The van der Waals surface area contributed by atoms with Crippen LogP contribution in [0.2, 0.25) is 0 Å². The molecule has 1 rings (SSSR count). The third-order valence-corrected chi connectivity index (χ3v) is 3.12. The Kier molecular flexibility index (Phi) is 3.50. The van der Waals surface area contributed by atoms with Crippen LogP contribution in [0.25, 0.3) is 0 Å². The minimum atomic E-state index is -0.584. The highest BCUT2D eigenvalue weighted by Crippen LogP contribution is 2.28. The topological polar surface area (TPSA) is 17.1 Å². The Bertz CT molecular complexity index is 340.